The Morgan fingerprint density at radius 2 is 1.12 bits per heavy atom. The van der Waals surface area contributed by atoms with Gasteiger partial charge in [0.25, 0.3) is 0 Å². The first-order chi connectivity index (χ1) is 2.64. The fraction of sp³-hybridized carbons (Fsp3) is 0. The summed E-state index contributed by atoms with van der Waals surface area (Å²) in [4.78, 5) is 18.2. The average Bonchev–Trinajstić information content (AvgIpc) is 1.36. The quantitative estimate of drug-likeness (QED) is 0.290. The number of carbonyl (C=O) groups is 2. The van der Waals surface area contributed by atoms with Crippen LogP contribution in [-0.4, -0.2) is 74.8 Å². The van der Waals surface area contributed by atoms with Gasteiger partial charge in [0.1, 0.15) is 0 Å². The Labute approximate surface area is 83.7 Å². The van der Waals surface area contributed by atoms with Gasteiger partial charge in [-0.25, -0.2) is 9.59 Å². The molecule has 0 aromatic heterocycles. The van der Waals surface area contributed by atoms with Gasteiger partial charge in [0.15, 0.2) is 0 Å². The van der Waals surface area contributed by atoms with Gasteiger partial charge in [-0.15, -0.1) is 0 Å². The molecule has 0 heterocycles. The van der Waals surface area contributed by atoms with Crippen molar-refractivity contribution in [2.24, 2.45) is 0 Å². The fourth-order valence-electron chi connectivity index (χ4n) is 0. The molecule has 0 atom stereocenters. The summed E-state index contributed by atoms with van der Waals surface area (Å²) in [5.41, 5.74) is 0. The third kappa shape index (κ3) is 9.86. The molecule has 8 heavy (non-hydrogen) atoms. The van der Waals surface area contributed by atoms with Crippen molar-refractivity contribution in [2.75, 3.05) is 0 Å². The van der Waals surface area contributed by atoms with E-state index < -0.39 is 11.9 Å². The standard InChI is InChI=1S/C2H2O4.Mg.Na.3H/c3-1(4)2(5)6;;;;;/h(H,3,4)(H,5,6);;;;;. The van der Waals surface area contributed by atoms with Gasteiger partial charge in [0.2, 0.25) is 0 Å². The molecule has 0 aliphatic rings. The summed E-state index contributed by atoms with van der Waals surface area (Å²) in [6.45, 7) is 0. The number of aliphatic carboxylic acids is 2. The molecule has 0 radical (unpaired) electrons. The van der Waals surface area contributed by atoms with Crippen molar-refractivity contribution < 1.29 is 19.8 Å². The summed E-state index contributed by atoms with van der Waals surface area (Å²) in [7, 11) is 0. The van der Waals surface area contributed by atoms with Crippen LogP contribution < -0.4 is 0 Å². The van der Waals surface area contributed by atoms with Gasteiger partial charge in [0.05, 0.1) is 0 Å². The zero-order valence-corrected chi connectivity index (χ0v) is 2.71. The number of carboxylic acids is 2. The molecule has 0 amide bonds. The second-order valence-electron chi connectivity index (χ2n) is 0.610. The van der Waals surface area contributed by atoms with E-state index in [1.165, 1.54) is 0 Å². The number of rotatable bonds is 0. The molecule has 0 unspecified atom stereocenters. The van der Waals surface area contributed by atoms with E-state index in [-0.39, 0.29) is 52.6 Å². The number of carboxylic acid groups (broad SMARTS) is 2. The van der Waals surface area contributed by atoms with E-state index in [0.29, 0.717) is 0 Å². The van der Waals surface area contributed by atoms with Crippen molar-refractivity contribution >= 4 is 64.5 Å². The SMILES string of the molecule is O=C(O)C(=O)O.[MgH2].[NaH]. The normalized spacial score (nSPS) is 5.50. The maximum atomic E-state index is 9.10. The Kier molecular flexibility index (Phi) is 15.3. The van der Waals surface area contributed by atoms with Gasteiger partial charge in [-0.1, -0.05) is 0 Å². The summed E-state index contributed by atoms with van der Waals surface area (Å²) < 4.78 is 0. The topological polar surface area (TPSA) is 74.6 Å². The molecule has 0 saturated carbocycles. The van der Waals surface area contributed by atoms with Crippen LogP contribution in [0.3, 0.4) is 0 Å². The summed E-state index contributed by atoms with van der Waals surface area (Å²) in [6, 6.07) is 0. The van der Waals surface area contributed by atoms with Crippen LogP contribution in [0.15, 0.2) is 0 Å². The molecule has 0 aromatic rings. The van der Waals surface area contributed by atoms with Gasteiger partial charge >= 0.3 is 64.5 Å². The van der Waals surface area contributed by atoms with Crippen LogP contribution in [0.5, 0.6) is 0 Å². The molecular weight excluding hydrogens is 135 g/mol. The van der Waals surface area contributed by atoms with E-state index in [9.17, 15) is 0 Å². The van der Waals surface area contributed by atoms with Gasteiger partial charge in [-0.3, -0.25) is 0 Å². The van der Waals surface area contributed by atoms with Crippen LogP contribution in [0.25, 0.3) is 0 Å². The van der Waals surface area contributed by atoms with Crippen molar-refractivity contribution in [3.05, 3.63) is 0 Å². The minimum absolute atomic E-state index is 0. The first kappa shape index (κ1) is 15.9. The second-order valence-corrected chi connectivity index (χ2v) is 0.610. The molecule has 4 nitrogen and oxygen atoms in total. The Hall–Kier alpha value is 0.706. The zero-order valence-electron chi connectivity index (χ0n) is 2.71. The Morgan fingerprint density at radius 1 is 1.00 bits per heavy atom. The minimum atomic E-state index is -1.82. The van der Waals surface area contributed by atoms with Crippen LogP contribution >= 0.6 is 0 Å². The van der Waals surface area contributed by atoms with E-state index in [1.54, 1.807) is 0 Å². The molecule has 40 valence electrons. The summed E-state index contributed by atoms with van der Waals surface area (Å²) in [5, 5.41) is 14.8. The van der Waals surface area contributed by atoms with E-state index in [1.807, 2.05) is 0 Å². The molecule has 0 aliphatic heterocycles. The predicted molar refractivity (Wildman–Crippen MR) is 31.0 cm³/mol. The van der Waals surface area contributed by atoms with Crippen molar-refractivity contribution in [2.45, 2.75) is 0 Å². The van der Waals surface area contributed by atoms with Crippen molar-refractivity contribution in [1.29, 1.82) is 0 Å². The summed E-state index contributed by atoms with van der Waals surface area (Å²) >= 11 is 0. The van der Waals surface area contributed by atoms with Crippen LogP contribution in [0.1, 0.15) is 0 Å². The molecular formula is C2H5MgNaO4. The van der Waals surface area contributed by atoms with Crippen molar-refractivity contribution in [3.8, 4) is 0 Å². The van der Waals surface area contributed by atoms with Crippen LogP contribution in [-0.2, 0) is 9.59 Å². The van der Waals surface area contributed by atoms with E-state index in [2.05, 4.69) is 0 Å². The van der Waals surface area contributed by atoms with Gasteiger partial charge in [-0.2, -0.15) is 0 Å². The number of hydrogen-bond donors (Lipinski definition) is 2. The zero-order chi connectivity index (χ0) is 5.15. The molecule has 0 rings (SSSR count). The van der Waals surface area contributed by atoms with E-state index in [4.69, 9.17) is 19.8 Å². The Bertz CT molecular complexity index is 80.0. The van der Waals surface area contributed by atoms with Gasteiger partial charge in [-0.05, 0) is 0 Å². The predicted octanol–water partition coefficient (Wildman–Crippen LogP) is -2.41. The van der Waals surface area contributed by atoms with Crippen LogP contribution in [0.2, 0.25) is 0 Å². The molecule has 0 saturated heterocycles. The molecule has 6 heteroatoms. The fourth-order valence-corrected chi connectivity index (χ4v) is 0. The first-order valence-electron chi connectivity index (χ1n) is 1.11. The third-order valence-electron chi connectivity index (χ3n) is 0.183. The van der Waals surface area contributed by atoms with Crippen molar-refractivity contribution in [1.82, 2.24) is 0 Å². The van der Waals surface area contributed by atoms with Crippen LogP contribution in [0.4, 0.5) is 0 Å². The monoisotopic (exact) mass is 140 g/mol. The molecule has 2 N–H and O–H groups in total. The molecule has 0 aromatic carbocycles. The molecule has 0 aliphatic carbocycles. The van der Waals surface area contributed by atoms with Gasteiger partial charge in [0, 0.05) is 0 Å². The van der Waals surface area contributed by atoms with E-state index in [0.717, 1.165) is 0 Å². The van der Waals surface area contributed by atoms with Gasteiger partial charge < -0.3 is 10.2 Å². The molecule has 0 spiro atoms. The first-order valence-corrected chi connectivity index (χ1v) is 1.11. The summed E-state index contributed by atoms with van der Waals surface area (Å²) in [5.74, 6) is -3.65. The average molecular weight is 140 g/mol. The van der Waals surface area contributed by atoms with Crippen LogP contribution in [0, 0.1) is 0 Å². The number of hydrogen-bond acceptors (Lipinski definition) is 2. The van der Waals surface area contributed by atoms with E-state index >= 15 is 0 Å². The van der Waals surface area contributed by atoms with Crippen molar-refractivity contribution in [3.63, 3.8) is 0 Å². The third-order valence-corrected chi connectivity index (χ3v) is 0.183. The summed E-state index contributed by atoms with van der Waals surface area (Å²) in [6.07, 6.45) is 0. The molecule has 0 fully saturated rings. The maximum absolute atomic E-state index is 9.10. The molecule has 0 bridgehead atoms. The Balaban J connectivity index is -0.000000125. The Morgan fingerprint density at radius 3 is 1.12 bits per heavy atom. The second kappa shape index (κ2) is 7.71.